The number of hydrogen-bond donors (Lipinski definition) is 2. The number of halogens is 3. The van der Waals surface area contributed by atoms with Gasteiger partial charge in [-0.15, -0.1) is 0 Å². The molecule has 1 aliphatic heterocycles. The van der Waals surface area contributed by atoms with E-state index in [0.29, 0.717) is 31.6 Å². The van der Waals surface area contributed by atoms with Crippen molar-refractivity contribution in [2.24, 2.45) is 5.73 Å². The van der Waals surface area contributed by atoms with Crippen molar-refractivity contribution in [2.75, 3.05) is 32.1 Å². The number of alkyl halides is 3. The van der Waals surface area contributed by atoms with Gasteiger partial charge >= 0.3 is 6.18 Å². The van der Waals surface area contributed by atoms with Crippen molar-refractivity contribution in [2.45, 2.75) is 25.1 Å². The highest BCUT2D eigenvalue weighted by molar-refractivity contribution is 5.95. The second-order valence-corrected chi connectivity index (χ2v) is 5.46. The number of piperidine rings is 1. The van der Waals surface area contributed by atoms with Gasteiger partial charge in [0.15, 0.2) is 0 Å². The van der Waals surface area contributed by atoms with Crippen LogP contribution in [0.2, 0.25) is 0 Å². The second-order valence-electron chi connectivity index (χ2n) is 5.46. The molecule has 0 aliphatic carbocycles. The van der Waals surface area contributed by atoms with Crippen LogP contribution in [0.3, 0.4) is 0 Å². The highest BCUT2D eigenvalue weighted by Gasteiger charge is 2.32. The van der Waals surface area contributed by atoms with Gasteiger partial charge in [0.1, 0.15) is 5.56 Å². The maximum absolute atomic E-state index is 12.4. The number of anilines is 1. The van der Waals surface area contributed by atoms with E-state index in [9.17, 15) is 18.0 Å². The van der Waals surface area contributed by atoms with E-state index in [2.05, 4.69) is 10.3 Å². The lowest BCUT2D eigenvalue weighted by Gasteiger charge is -2.33. The second kappa shape index (κ2) is 7.03. The lowest BCUT2D eigenvalue weighted by Crippen LogP contribution is -2.43. The minimum atomic E-state index is -4.17. The number of rotatable bonds is 5. The highest BCUT2D eigenvalue weighted by atomic mass is 19.4. The highest BCUT2D eigenvalue weighted by Crippen LogP contribution is 2.23. The van der Waals surface area contributed by atoms with Crippen LogP contribution in [-0.4, -0.2) is 54.8 Å². The Kier molecular flexibility index (Phi) is 5.30. The molecule has 128 valence electrons. The van der Waals surface area contributed by atoms with Gasteiger partial charge in [-0.05, 0) is 18.9 Å². The summed E-state index contributed by atoms with van der Waals surface area (Å²) in [6.07, 6.45) is -1.51. The fraction of sp³-hybridized carbons (Fsp3) is 0.571. The monoisotopic (exact) mass is 332 g/mol. The molecule has 1 aliphatic rings. The van der Waals surface area contributed by atoms with E-state index in [-0.39, 0.29) is 17.5 Å². The summed E-state index contributed by atoms with van der Waals surface area (Å²) in [4.78, 5) is 16.8. The molecular weight excluding hydrogens is 313 g/mol. The summed E-state index contributed by atoms with van der Waals surface area (Å²) in [5.41, 5.74) is 6.02. The standard InChI is InChI=1S/C14H19F3N4O2/c1-23-13-11(12(18)22)6-10(7-19-13)20-9-2-4-21(5-3-9)8-14(15,16)17/h6-7,9,20H,2-5,8H2,1H3,(H2,18,22). The molecule has 1 aromatic rings. The van der Waals surface area contributed by atoms with Crippen molar-refractivity contribution in [3.05, 3.63) is 17.8 Å². The fourth-order valence-corrected chi connectivity index (χ4v) is 2.60. The number of carbonyl (C=O) groups excluding carboxylic acids is 1. The number of likely N-dealkylation sites (tertiary alicyclic amines) is 1. The summed E-state index contributed by atoms with van der Waals surface area (Å²) in [7, 11) is 1.39. The van der Waals surface area contributed by atoms with E-state index < -0.39 is 18.6 Å². The summed E-state index contributed by atoms with van der Waals surface area (Å²) < 4.78 is 42.0. The van der Waals surface area contributed by atoms with Gasteiger partial charge in [0.05, 0.1) is 25.5 Å². The Morgan fingerprint density at radius 1 is 1.48 bits per heavy atom. The Morgan fingerprint density at radius 3 is 2.65 bits per heavy atom. The van der Waals surface area contributed by atoms with E-state index in [0.717, 1.165) is 0 Å². The molecule has 6 nitrogen and oxygen atoms in total. The Balaban J connectivity index is 1.94. The summed E-state index contributed by atoms with van der Waals surface area (Å²) >= 11 is 0. The zero-order chi connectivity index (χ0) is 17.0. The number of methoxy groups -OCH3 is 1. The van der Waals surface area contributed by atoms with Crippen LogP contribution in [0.25, 0.3) is 0 Å². The Morgan fingerprint density at radius 2 is 2.13 bits per heavy atom. The van der Waals surface area contributed by atoms with Crippen LogP contribution in [0.4, 0.5) is 18.9 Å². The number of carbonyl (C=O) groups is 1. The normalized spacial score (nSPS) is 17.0. The molecule has 1 fully saturated rings. The van der Waals surface area contributed by atoms with E-state index in [1.807, 2.05) is 0 Å². The molecule has 0 radical (unpaired) electrons. The molecule has 0 spiro atoms. The first-order chi connectivity index (χ1) is 10.8. The molecular formula is C14H19F3N4O2. The van der Waals surface area contributed by atoms with Gasteiger partial charge in [-0.3, -0.25) is 9.69 Å². The van der Waals surface area contributed by atoms with Crippen LogP contribution >= 0.6 is 0 Å². The Hall–Kier alpha value is -2.03. The predicted molar refractivity (Wildman–Crippen MR) is 78.4 cm³/mol. The molecule has 0 bridgehead atoms. The molecule has 0 atom stereocenters. The van der Waals surface area contributed by atoms with Crippen LogP contribution in [0.15, 0.2) is 12.3 Å². The molecule has 2 rings (SSSR count). The number of hydrogen-bond acceptors (Lipinski definition) is 5. The average molecular weight is 332 g/mol. The lowest BCUT2D eigenvalue weighted by molar-refractivity contribution is -0.147. The van der Waals surface area contributed by atoms with Crippen LogP contribution in [0, 0.1) is 0 Å². The SMILES string of the molecule is COc1ncc(NC2CCN(CC(F)(F)F)CC2)cc1C(N)=O. The summed E-state index contributed by atoms with van der Waals surface area (Å²) in [5.74, 6) is -0.513. The van der Waals surface area contributed by atoms with Gasteiger partial charge in [0, 0.05) is 19.1 Å². The van der Waals surface area contributed by atoms with Crippen molar-refractivity contribution in [3.63, 3.8) is 0 Å². The van der Waals surface area contributed by atoms with Gasteiger partial charge < -0.3 is 15.8 Å². The number of aromatic nitrogens is 1. The number of nitrogens with two attached hydrogens (primary N) is 1. The average Bonchev–Trinajstić information content (AvgIpc) is 2.47. The first-order valence-electron chi connectivity index (χ1n) is 7.18. The lowest BCUT2D eigenvalue weighted by atomic mass is 10.0. The number of primary amides is 1. The summed E-state index contributed by atoms with van der Waals surface area (Å²) in [6, 6.07) is 1.56. The number of nitrogens with one attached hydrogen (secondary N) is 1. The third kappa shape index (κ3) is 4.98. The largest absolute Gasteiger partial charge is 0.480 e. The van der Waals surface area contributed by atoms with Crippen molar-refractivity contribution in [3.8, 4) is 5.88 Å². The molecule has 23 heavy (non-hydrogen) atoms. The molecule has 0 aromatic carbocycles. The zero-order valence-electron chi connectivity index (χ0n) is 12.7. The van der Waals surface area contributed by atoms with E-state index in [1.165, 1.54) is 24.3 Å². The van der Waals surface area contributed by atoms with E-state index in [4.69, 9.17) is 10.5 Å². The molecule has 0 unspecified atom stereocenters. The van der Waals surface area contributed by atoms with Crippen LogP contribution in [0.1, 0.15) is 23.2 Å². The fourth-order valence-electron chi connectivity index (χ4n) is 2.60. The van der Waals surface area contributed by atoms with Crippen LogP contribution in [-0.2, 0) is 0 Å². The van der Waals surface area contributed by atoms with Crippen molar-refractivity contribution >= 4 is 11.6 Å². The minimum absolute atomic E-state index is 0.0235. The molecule has 0 saturated carbocycles. The van der Waals surface area contributed by atoms with Crippen molar-refractivity contribution < 1.29 is 22.7 Å². The van der Waals surface area contributed by atoms with Gasteiger partial charge in [0.25, 0.3) is 5.91 Å². The van der Waals surface area contributed by atoms with Crippen LogP contribution < -0.4 is 15.8 Å². The van der Waals surface area contributed by atoms with Crippen molar-refractivity contribution in [1.82, 2.24) is 9.88 Å². The maximum Gasteiger partial charge on any atom is 0.401 e. The Bertz CT molecular complexity index is 557. The maximum atomic E-state index is 12.4. The molecule has 1 aromatic heterocycles. The van der Waals surface area contributed by atoms with Crippen molar-refractivity contribution in [1.29, 1.82) is 0 Å². The molecule has 1 amide bonds. The van der Waals surface area contributed by atoms with Gasteiger partial charge in [-0.1, -0.05) is 0 Å². The number of amides is 1. The van der Waals surface area contributed by atoms with Gasteiger partial charge in [-0.25, -0.2) is 4.98 Å². The number of nitrogens with zero attached hydrogens (tertiary/aromatic N) is 2. The predicted octanol–water partition coefficient (Wildman–Crippen LogP) is 1.63. The Labute approximate surface area is 131 Å². The molecule has 2 heterocycles. The van der Waals surface area contributed by atoms with E-state index >= 15 is 0 Å². The number of pyridine rings is 1. The van der Waals surface area contributed by atoms with Gasteiger partial charge in [0.2, 0.25) is 5.88 Å². The quantitative estimate of drug-likeness (QED) is 0.857. The summed E-state index contributed by atoms with van der Waals surface area (Å²) in [5, 5.41) is 3.18. The summed E-state index contributed by atoms with van der Waals surface area (Å²) in [6.45, 7) is -0.150. The minimum Gasteiger partial charge on any atom is -0.480 e. The van der Waals surface area contributed by atoms with Gasteiger partial charge in [-0.2, -0.15) is 13.2 Å². The zero-order valence-corrected chi connectivity index (χ0v) is 12.7. The van der Waals surface area contributed by atoms with Crippen LogP contribution in [0.5, 0.6) is 5.88 Å². The smallest absolute Gasteiger partial charge is 0.401 e. The van der Waals surface area contributed by atoms with E-state index in [1.54, 1.807) is 0 Å². The topological polar surface area (TPSA) is 80.5 Å². The first kappa shape index (κ1) is 17.3. The molecule has 1 saturated heterocycles. The molecule has 3 N–H and O–H groups in total. The molecule has 9 heteroatoms. The number of ether oxygens (including phenoxy) is 1. The first-order valence-corrected chi connectivity index (χ1v) is 7.18. The third-order valence-electron chi connectivity index (χ3n) is 3.67. The third-order valence-corrected chi connectivity index (χ3v) is 3.67.